The van der Waals surface area contributed by atoms with Crippen molar-refractivity contribution in [3.8, 4) is 0 Å². The van der Waals surface area contributed by atoms with Gasteiger partial charge >= 0.3 is 5.97 Å². The second-order valence-corrected chi connectivity index (χ2v) is 6.28. The number of nitrogens with zero attached hydrogens (tertiary/aromatic N) is 3. The fraction of sp³-hybridized carbons (Fsp3) is 0.429. The van der Waals surface area contributed by atoms with Crippen molar-refractivity contribution in [3.63, 3.8) is 0 Å². The Labute approximate surface area is 177 Å². The molecule has 0 saturated heterocycles. The number of carbonyl (C=O) groups is 1. The Hall–Kier alpha value is -3.20. The number of nitrogens with one attached hydrogen (secondary N) is 1. The van der Waals surface area contributed by atoms with Gasteiger partial charge in [0, 0.05) is 12.0 Å². The average molecular weight is 417 g/mol. The van der Waals surface area contributed by atoms with Gasteiger partial charge in [-0.05, 0) is 24.0 Å². The number of hydrogen-bond donors (Lipinski definition) is 3. The maximum absolute atomic E-state index is 11.9. The largest absolute Gasteiger partial charge is 0.454 e. The molecule has 2 rings (SSSR count). The number of unbranched alkanes of at least 4 members (excludes halogenated alkanes) is 1. The van der Waals surface area contributed by atoms with Crippen molar-refractivity contribution in [2.45, 2.75) is 52.9 Å². The maximum atomic E-state index is 11.9. The van der Waals surface area contributed by atoms with Crippen LogP contribution in [0.15, 0.2) is 46.0 Å². The number of aryl methyl sites for hydroxylation is 1. The summed E-state index contributed by atoms with van der Waals surface area (Å²) in [6, 6.07) is 8.39. The van der Waals surface area contributed by atoms with Crippen LogP contribution in [0.25, 0.3) is 0 Å². The van der Waals surface area contributed by atoms with Gasteiger partial charge in [0.1, 0.15) is 0 Å². The molecule has 1 heterocycles. The molecule has 30 heavy (non-hydrogen) atoms. The van der Waals surface area contributed by atoms with Crippen molar-refractivity contribution >= 4 is 11.8 Å². The Bertz CT molecular complexity index is 814. The lowest BCUT2D eigenvalue weighted by atomic mass is 10.0. The Balaban J connectivity index is 0.00000218. The summed E-state index contributed by atoms with van der Waals surface area (Å²) in [4.78, 5) is 16.2. The van der Waals surface area contributed by atoms with Crippen molar-refractivity contribution < 1.29 is 14.1 Å². The maximum Gasteiger partial charge on any atom is 0.334 e. The second-order valence-electron chi connectivity index (χ2n) is 6.28. The van der Waals surface area contributed by atoms with E-state index in [9.17, 15) is 4.79 Å². The molecule has 164 valence electrons. The van der Waals surface area contributed by atoms with Crippen LogP contribution >= 0.6 is 0 Å². The molecule has 2 aromatic rings. The monoisotopic (exact) mass is 416 g/mol. The van der Waals surface area contributed by atoms with E-state index < -0.39 is 5.97 Å². The molecule has 9 nitrogen and oxygen atoms in total. The third kappa shape index (κ3) is 8.44. The van der Waals surface area contributed by atoms with Gasteiger partial charge in [-0.25, -0.2) is 10.6 Å². The summed E-state index contributed by atoms with van der Waals surface area (Å²) in [6.07, 6.45) is 4.09. The van der Waals surface area contributed by atoms with E-state index >= 15 is 0 Å². The molecule has 0 aliphatic rings. The quantitative estimate of drug-likeness (QED) is 0.134. The number of ether oxygens (including phenoxy) is 1. The summed E-state index contributed by atoms with van der Waals surface area (Å²) in [7, 11) is 0. The van der Waals surface area contributed by atoms with Gasteiger partial charge in [-0.1, -0.05) is 63.2 Å². The van der Waals surface area contributed by atoms with E-state index in [4.69, 9.17) is 20.9 Å². The molecular formula is C21H32N6O3. The van der Waals surface area contributed by atoms with Crippen molar-refractivity contribution in [1.82, 2.24) is 15.6 Å². The lowest BCUT2D eigenvalue weighted by Gasteiger charge is -2.06. The number of hydrogen-bond acceptors (Lipinski definition) is 8. The molecule has 0 fully saturated rings. The van der Waals surface area contributed by atoms with Crippen LogP contribution in [-0.4, -0.2) is 28.6 Å². The van der Waals surface area contributed by atoms with Crippen LogP contribution in [0.4, 0.5) is 0 Å². The Morgan fingerprint density at radius 2 is 1.93 bits per heavy atom. The zero-order valence-electron chi connectivity index (χ0n) is 18.0. The standard InChI is InChI=1S/C19H26N6O3.C2H6/c1-3-4-5-14-6-8-15(9-7-14)11-16-22-18(28-25-16)10-13(2)19(26)27-12-17(23-20)24-21;1-2/h6-9H,2-5,10-12,20-21H2,1H3,(H,23,24);1-2H3. The molecular weight excluding hydrogens is 384 g/mol. The van der Waals surface area contributed by atoms with Crippen LogP contribution in [-0.2, 0) is 28.8 Å². The lowest BCUT2D eigenvalue weighted by molar-refractivity contribution is -0.137. The number of rotatable bonds is 10. The molecule has 0 spiro atoms. The number of hydrazone groups is 1. The van der Waals surface area contributed by atoms with E-state index in [1.54, 1.807) is 0 Å². The fourth-order valence-electron chi connectivity index (χ4n) is 2.43. The summed E-state index contributed by atoms with van der Waals surface area (Å²) < 4.78 is 10.2. The number of hydrazine groups is 1. The van der Waals surface area contributed by atoms with Gasteiger partial charge in [-0.2, -0.15) is 10.1 Å². The number of carbonyl (C=O) groups excluding carboxylic acids is 1. The van der Waals surface area contributed by atoms with Gasteiger partial charge < -0.3 is 20.5 Å². The highest BCUT2D eigenvalue weighted by Crippen LogP contribution is 2.12. The Morgan fingerprint density at radius 3 is 2.53 bits per heavy atom. The number of amidine groups is 1. The molecule has 1 aromatic carbocycles. The van der Waals surface area contributed by atoms with Gasteiger partial charge in [-0.3, -0.25) is 0 Å². The van der Waals surface area contributed by atoms with Crippen molar-refractivity contribution in [2.24, 2.45) is 16.8 Å². The zero-order valence-corrected chi connectivity index (χ0v) is 18.0. The van der Waals surface area contributed by atoms with E-state index in [0.29, 0.717) is 18.1 Å². The fourth-order valence-corrected chi connectivity index (χ4v) is 2.43. The summed E-state index contributed by atoms with van der Waals surface area (Å²) in [5.74, 6) is 10.6. The molecule has 0 atom stereocenters. The minimum absolute atomic E-state index is 0.0902. The molecule has 0 saturated carbocycles. The highest BCUT2D eigenvalue weighted by Gasteiger charge is 2.15. The van der Waals surface area contributed by atoms with Gasteiger partial charge in [-0.15, -0.1) is 0 Å². The summed E-state index contributed by atoms with van der Waals surface area (Å²) >= 11 is 0. The Kier molecular flexibility index (Phi) is 11.5. The van der Waals surface area contributed by atoms with E-state index in [2.05, 4.69) is 58.4 Å². The predicted molar refractivity (Wildman–Crippen MR) is 116 cm³/mol. The highest BCUT2D eigenvalue weighted by atomic mass is 16.5. The van der Waals surface area contributed by atoms with Crippen LogP contribution < -0.4 is 17.1 Å². The minimum Gasteiger partial charge on any atom is -0.454 e. The van der Waals surface area contributed by atoms with Gasteiger partial charge in [0.2, 0.25) is 5.89 Å². The normalized spacial score (nSPS) is 10.7. The van der Waals surface area contributed by atoms with E-state index in [1.165, 1.54) is 18.4 Å². The number of esters is 1. The molecule has 1 aromatic heterocycles. The van der Waals surface area contributed by atoms with Crippen LogP contribution in [0.2, 0.25) is 0 Å². The van der Waals surface area contributed by atoms with Gasteiger partial charge in [0.05, 0.1) is 6.42 Å². The van der Waals surface area contributed by atoms with Crippen molar-refractivity contribution in [3.05, 3.63) is 59.3 Å². The first-order valence-electron chi connectivity index (χ1n) is 10.0. The zero-order chi connectivity index (χ0) is 22.4. The summed E-state index contributed by atoms with van der Waals surface area (Å²) in [5, 5.41) is 7.27. The first kappa shape index (κ1) is 24.8. The smallest absolute Gasteiger partial charge is 0.334 e. The number of nitrogens with two attached hydrogens (primary N) is 2. The highest BCUT2D eigenvalue weighted by molar-refractivity contribution is 5.91. The third-order valence-electron chi connectivity index (χ3n) is 4.03. The summed E-state index contributed by atoms with van der Waals surface area (Å²) in [6.45, 7) is 9.68. The van der Waals surface area contributed by atoms with Crippen molar-refractivity contribution in [1.29, 1.82) is 0 Å². The second kappa shape index (κ2) is 13.9. The molecule has 0 aliphatic carbocycles. The van der Waals surface area contributed by atoms with Crippen LogP contribution in [0.3, 0.4) is 0 Å². The van der Waals surface area contributed by atoms with Crippen LogP contribution in [0.1, 0.15) is 56.5 Å². The first-order valence-corrected chi connectivity index (χ1v) is 10.0. The van der Waals surface area contributed by atoms with E-state index in [-0.39, 0.29) is 24.4 Å². The first-order chi connectivity index (χ1) is 14.5. The third-order valence-corrected chi connectivity index (χ3v) is 4.03. The topological polar surface area (TPSA) is 142 Å². The molecule has 0 unspecified atom stereocenters. The van der Waals surface area contributed by atoms with Gasteiger partial charge in [0.15, 0.2) is 18.3 Å². The van der Waals surface area contributed by atoms with Gasteiger partial charge in [0.25, 0.3) is 0 Å². The average Bonchev–Trinajstić information content (AvgIpc) is 3.21. The SMILES string of the molecule is C=C(Cc1nc(Cc2ccc(CCCC)cc2)no1)C(=O)OC/C(=N/N)NN.CC. The van der Waals surface area contributed by atoms with Crippen molar-refractivity contribution in [2.75, 3.05) is 6.61 Å². The lowest BCUT2D eigenvalue weighted by Crippen LogP contribution is -2.35. The van der Waals surface area contributed by atoms with E-state index in [1.807, 2.05) is 13.8 Å². The molecule has 0 aliphatic heterocycles. The number of aromatic nitrogens is 2. The molecule has 5 N–H and O–H groups in total. The molecule has 0 radical (unpaired) electrons. The summed E-state index contributed by atoms with van der Waals surface area (Å²) in [5.41, 5.74) is 4.80. The van der Waals surface area contributed by atoms with E-state index in [0.717, 1.165) is 12.0 Å². The van der Waals surface area contributed by atoms with Crippen LogP contribution in [0, 0.1) is 0 Å². The molecule has 9 heteroatoms. The minimum atomic E-state index is -0.626. The molecule has 0 bridgehead atoms. The predicted octanol–water partition coefficient (Wildman–Crippen LogP) is 2.41. The Morgan fingerprint density at radius 1 is 1.27 bits per heavy atom. The number of benzene rings is 1. The molecule has 0 amide bonds. The van der Waals surface area contributed by atoms with Crippen LogP contribution in [0.5, 0.6) is 0 Å².